The number of sulfonamides is 1. The van der Waals surface area contributed by atoms with Crippen LogP contribution in [-0.4, -0.2) is 50.8 Å². The van der Waals surface area contributed by atoms with Gasteiger partial charge in [-0.2, -0.15) is 21.3 Å². The van der Waals surface area contributed by atoms with E-state index < -0.39 is 25.2 Å². The number of rotatable bonds is 3. The van der Waals surface area contributed by atoms with Gasteiger partial charge in [0.15, 0.2) is 9.84 Å². The summed E-state index contributed by atoms with van der Waals surface area (Å²) >= 11 is 1.42. The number of nitrogens with zero attached hydrogens (tertiary/aromatic N) is 2. The van der Waals surface area contributed by atoms with Crippen LogP contribution in [0.25, 0.3) is 0 Å². The Kier molecular flexibility index (Phi) is 4.63. The van der Waals surface area contributed by atoms with Crippen LogP contribution in [0.15, 0.2) is 29.2 Å². The highest BCUT2D eigenvalue weighted by atomic mass is 32.2. The molecule has 1 atom stereocenters. The first-order chi connectivity index (χ1) is 9.76. The van der Waals surface area contributed by atoms with Crippen LogP contribution in [0.1, 0.15) is 5.56 Å². The third-order valence-corrected chi connectivity index (χ3v) is 7.82. The van der Waals surface area contributed by atoms with Crippen molar-refractivity contribution in [3.8, 4) is 6.07 Å². The first-order valence-electron chi connectivity index (χ1n) is 6.05. The van der Waals surface area contributed by atoms with Crippen molar-refractivity contribution in [2.75, 3.05) is 24.3 Å². The molecular weight excluding hydrogens is 332 g/mol. The molecule has 0 N–H and O–H groups in total. The molecule has 1 aliphatic rings. The smallest absolute Gasteiger partial charge is 0.227 e. The summed E-state index contributed by atoms with van der Waals surface area (Å²) in [4.78, 5) is 0.00190. The first-order valence-corrected chi connectivity index (χ1v) is 10.6. The molecule has 21 heavy (non-hydrogen) atoms. The van der Waals surface area contributed by atoms with Crippen LogP contribution >= 0.6 is 11.8 Å². The molecule has 114 valence electrons. The molecule has 0 aliphatic carbocycles. The van der Waals surface area contributed by atoms with Crippen molar-refractivity contribution in [1.82, 2.24) is 4.31 Å². The quantitative estimate of drug-likeness (QED) is 0.798. The Hall–Kier alpha value is -1.08. The second-order valence-electron chi connectivity index (χ2n) is 4.61. The van der Waals surface area contributed by atoms with Crippen LogP contribution in [0.3, 0.4) is 0 Å². The van der Waals surface area contributed by atoms with Gasteiger partial charge >= 0.3 is 0 Å². The zero-order chi connectivity index (χ0) is 15.7. The first kappa shape index (κ1) is 16.3. The van der Waals surface area contributed by atoms with Gasteiger partial charge in [0.25, 0.3) is 0 Å². The van der Waals surface area contributed by atoms with Crippen LogP contribution < -0.4 is 0 Å². The Labute approximate surface area is 128 Å². The Balaban J connectivity index is 2.43. The fraction of sp³-hybridized carbons (Fsp3) is 0.417. The van der Waals surface area contributed by atoms with Gasteiger partial charge in [-0.15, -0.1) is 0 Å². The average molecular weight is 346 g/mol. The van der Waals surface area contributed by atoms with E-state index in [2.05, 4.69) is 0 Å². The highest BCUT2D eigenvalue weighted by Crippen LogP contribution is 2.27. The monoisotopic (exact) mass is 346 g/mol. The molecule has 9 heteroatoms. The summed E-state index contributed by atoms with van der Waals surface area (Å²) in [7, 11) is -7.39. The molecule has 1 fully saturated rings. The van der Waals surface area contributed by atoms with Crippen LogP contribution in [0.2, 0.25) is 0 Å². The molecule has 1 heterocycles. The van der Waals surface area contributed by atoms with Gasteiger partial charge < -0.3 is 0 Å². The lowest BCUT2D eigenvalue weighted by molar-refractivity contribution is 0.405. The van der Waals surface area contributed by atoms with E-state index in [1.54, 1.807) is 0 Å². The minimum absolute atomic E-state index is 0.00190. The lowest BCUT2D eigenvalue weighted by Gasteiger charge is -2.32. The van der Waals surface area contributed by atoms with Crippen molar-refractivity contribution >= 4 is 31.6 Å². The number of benzene rings is 1. The second-order valence-corrected chi connectivity index (χ2v) is 9.85. The topological polar surface area (TPSA) is 95.3 Å². The minimum Gasteiger partial charge on any atom is -0.227 e. The lowest BCUT2D eigenvalue weighted by atomic mass is 10.2. The molecule has 2 rings (SSSR count). The fourth-order valence-electron chi connectivity index (χ4n) is 2.01. The molecule has 1 saturated heterocycles. The van der Waals surface area contributed by atoms with Gasteiger partial charge in [0.05, 0.1) is 16.5 Å². The van der Waals surface area contributed by atoms with E-state index >= 15 is 0 Å². The van der Waals surface area contributed by atoms with E-state index in [-0.39, 0.29) is 17.2 Å². The van der Waals surface area contributed by atoms with Crippen LogP contribution in [0.4, 0.5) is 0 Å². The number of nitriles is 1. The summed E-state index contributed by atoms with van der Waals surface area (Å²) < 4.78 is 49.9. The summed E-state index contributed by atoms with van der Waals surface area (Å²) in [5, 5.41) is 7.69. The SMILES string of the molecule is CS(=O)(=O)C1CSCCN1S(=O)(=O)c1ccc(C#N)cc1. The molecule has 0 bridgehead atoms. The van der Waals surface area contributed by atoms with Gasteiger partial charge in [0.1, 0.15) is 5.37 Å². The molecular formula is C12H14N2O4S3. The Morgan fingerprint density at radius 2 is 1.86 bits per heavy atom. The second kappa shape index (κ2) is 5.96. The van der Waals surface area contributed by atoms with E-state index in [9.17, 15) is 16.8 Å². The van der Waals surface area contributed by atoms with Gasteiger partial charge in [-0.3, -0.25) is 0 Å². The Morgan fingerprint density at radius 1 is 1.24 bits per heavy atom. The Morgan fingerprint density at radius 3 is 2.38 bits per heavy atom. The molecule has 1 aromatic carbocycles. The molecule has 1 aliphatic heterocycles. The molecule has 0 saturated carbocycles. The van der Waals surface area contributed by atoms with Gasteiger partial charge in [0, 0.05) is 24.3 Å². The maximum absolute atomic E-state index is 12.6. The zero-order valence-electron chi connectivity index (χ0n) is 11.3. The highest BCUT2D eigenvalue weighted by Gasteiger charge is 2.39. The third-order valence-electron chi connectivity index (χ3n) is 3.12. The zero-order valence-corrected chi connectivity index (χ0v) is 13.7. The fourth-order valence-corrected chi connectivity index (χ4v) is 7.18. The third kappa shape index (κ3) is 3.40. The normalized spacial score (nSPS) is 20.9. The van der Waals surface area contributed by atoms with E-state index in [0.717, 1.165) is 10.6 Å². The predicted octanol–water partition coefficient (Wildman–Crippen LogP) is 0.666. The summed E-state index contributed by atoms with van der Waals surface area (Å²) in [5.41, 5.74) is 0.350. The van der Waals surface area contributed by atoms with Gasteiger partial charge in [0.2, 0.25) is 10.0 Å². The van der Waals surface area contributed by atoms with Crippen LogP contribution in [0, 0.1) is 11.3 Å². The van der Waals surface area contributed by atoms with E-state index in [1.807, 2.05) is 6.07 Å². The molecule has 0 amide bonds. The van der Waals surface area contributed by atoms with Gasteiger partial charge in [-0.25, -0.2) is 16.8 Å². The van der Waals surface area contributed by atoms with Crippen LogP contribution in [-0.2, 0) is 19.9 Å². The largest absolute Gasteiger partial charge is 0.244 e. The summed E-state index contributed by atoms with van der Waals surface area (Å²) in [6, 6.07) is 7.37. The maximum Gasteiger partial charge on any atom is 0.244 e. The van der Waals surface area contributed by atoms with E-state index in [0.29, 0.717) is 11.3 Å². The summed E-state index contributed by atoms with van der Waals surface area (Å²) in [6.07, 6.45) is 1.05. The van der Waals surface area contributed by atoms with Crippen molar-refractivity contribution in [1.29, 1.82) is 5.26 Å². The predicted molar refractivity (Wildman–Crippen MR) is 81.0 cm³/mol. The molecule has 0 spiro atoms. The molecule has 1 unspecified atom stereocenters. The van der Waals surface area contributed by atoms with Crippen molar-refractivity contribution in [3.63, 3.8) is 0 Å². The van der Waals surface area contributed by atoms with Crippen LogP contribution in [0.5, 0.6) is 0 Å². The molecule has 0 radical (unpaired) electrons. The van der Waals surface area contributed by atoms with Crippen molar-refractivity contribution in [2.45, 2.75) is 10.3 Å². The molecule has 6 nitrogen and oxygen atoms in total. The minimum atomic E-state index is -3.89. The highest BCUT2D eigenvalue weighted by molar-refractivity contribution is 8.01. The maximum atomic E-state index is 12.6. The lowest BCUT2D eigenvalue weighted by Crippen LogP contribution is -2.49. The van der Waals surface area contributed by atoms with Crippen molar-refractivity contribution < 1.29 is 16.8 Å². The number of thioether (sulfide) groups is 1. The van der Waals surface area contributed by atoms with Gasteiger partial charge in [-0.05, 0) is 24.3 Å². The van der Waals surface area contributed by atoms with E-state index in [4.69, 9.17) is 5.26 Å². The number of hydrogen-bond donors (Lipinski definition) is 0. The molecule has 0 aromatic heterocycles. The van der Waals surface area contributed by atoms with Crippen molar-refractivity contribution in [3.05, 3.63) is 29.8 Å². The van der Waals surface area contributed by atoms with E-state index in [1.165, 1.54) is 36.0 Å². The summed E-state index contributed by atoms with van der Waals surface area (Å²) in [5.74, 6) is 0.788. The number of sulfone groups is 1. The number of hydrogen-bond acceptors (Lipinski definition) is 6. The Bertz CT molecular complexity index is 764. The van der Waals surface area contributed by atoms with Gasteiger partial charge in [-0.1, -0.05) is 0 Å². The summed E-state index contributed by atoms with van der Waals surface area (Å²) in [6.45, 7) is 0.157. The average Bonchev–Trinajstić information content (AvgIpc) is 2.46. The molecule has 1 aromatic rings. The standard InChI is InChI=1S/C12H14N2O4S3/c1-20(15,16)12-9-19-7-6-14(12)21(17,18)11-4-2-10(8-13)3-5-11/h2-5,12H,6-7,9H2,1H3. The van der Waals surface area contributed by atoms with Crippen molar-refractivity contribution in [2.24, 2.45) is 0 Å².